The van der Waals surface area contributed by atoms with Crippen molar-refractivity contribution in [2.24, 2.45) is 0 Å². The molecule has 0 saturated carbocycles. The fourth-order valence-corrected chi connectivity index (χ4v) is 3.10. The summed E-state index contributed by atoms with van der Waals surface area (Å²) in [6.45, 7) is 0. The quantitative estimate of drug-likeness (QED) is 0.653. The highest BCUT2D eigenvalue weighted by atomic mass is 16.5. The van der Waals surface area contributed by atoms with Gasteiger partial charge >= 0.3 is 0 Å². The minimum Gasteiger partial charge on any atom is -0.497 e. The molecule has 0 radical (unpaired) electrons. The van der Waals surface area contributed by atoms with Gasteiger partial charge in [-0.3, -0.25) is 4.79 Å². The molecule has 0 aliphatic carbocycles. The summed E-state index contributed by atoms with van der Waals surface area (Å²) in [4.78, 5) is 12.8. The fourth-order valence-electron chi connectivity index (χ4n) is 3.10. The highest BCUT2D eigenvalue weighted by molar-refractivity contribution is 5.93. The van der Waals surface area contributed by atoms with Crippen molar-refractivity contribution in [1.82, 2.24) is 0 Å². The summed E-state index contributed by atoms with van der Waals surface area (Å²) in [7, 11) is 3.17. The van der Waals surface area contributed by atoms with Gasteiger partial charge < -0.3 is 14.8 Å². The number of ether oxygens (including phenoxy) is 2. The number of hydrogen-bond donors (Lipinski definition) is 1. The summed E-state index contributed by atoms with van der Waals surface area (Å²) in [6, 6.07) is 25.5. The van der Waals surface area contributed by atoms with E-state index in [2.05, 4.69) is 29.6 Å². The Morgan fingerprint density at radius 2 is 1.44 bits per heavy atom. The van der Waals surface area contributed by atoms with Gasteiger partial charge in [-0.05, 0) is 23.3 Å². The van der Waals surface area contributed by atoms with E-state index in [0.717, 1.165) is 11.1 Å². The van der Waals surface area contributed by atoms with Crippen molar-refractivity contribution in [3.05, 3.63) is 90.0 Å². The Kier molecular flexibility index (Phi) is 6.10. The first-order valence-corrected chi connectivity index (χ1v) is 8.83. The van der Waals surface area contributed by atoms with Crippen molar-refractivity contribution >= 4 is 11.6 Å². The topological polar surface area (TPSA) is 47.6 Å². The Labute approximate surface area is 159 Å². The van der Waals surface area contributed by atoms with Crippen molar-refractivity contribution in [2.45, 2.75) is 12.3 Å². The summed E-state index contributed by atoms with van der Waals surface area (Å²) in [6.07, 6.45) is 0.328. The number of carbonyl (C=O) groups excluding carboxylic acids is 1. The average Bonchev–Trinajstić information content (AvgIpc) is 2.73. The zero-order valence-corrected chi connectivity index (χ0v) is 15.5. The van der Waals surface area contributed by atoms with Crippen molar-refractivity contribution in [2.75, 3.05) is 19.5 Å². The molecule has 3 aromatic rings. The second-order valence-corrected chi connectivity index (χ2v) is 6.19. The summed E-state index contributed by atoms with van der Waals surface area (Å²) in [5, 5.41) is 2.96. The van der Waals surface area contributed by atoms with Crippen LogP contribution in [0.1, 0.15) is 23.5 Å². The molecule has 0 fully saturated rings. The molecule has 3 rings (SSSR count). The number of anilines is 1. The second-order valence-electron chi connectivity index (χ2n) is 6.19. The van der Waals surface area contributed by atoms with E-state index >= 15 is 0 Å². The molecule has 27 heavy (non-hydrogen) atoms. The van der Waals surface area contributed by atoms with Gasteiger partial charge in [0.2, 0.25) is 5.91 Å². The van der Waals surface area contributed by atoms with E-state index in [4.69, 9.17) is 9.47 Å². The van der Waals surface area contributed by atoms with Gasteiger partial charge in [0.15, 0.2) is 0 Å². The molecule has 0 unspecified atom stereocenters. The zero-order valence-electron chi connectivity index (χ0n) is 15.5. The van der Waals surface area contributed by atoms with Crippen molar-refractivity contribution in [3.63, 3.8) is 0 Å². The normalized spacial score (nSPS) is 10.5. The van der Waals surface area contributed by atoms with Gasteiger partial charge in [-0.2, -0.15) is 0 Å². The van der Waals surface area contributed by atoms with Crippen LogP contribution in [0.3, 0.4) is 0 Å². The van der Waals surface area contributed by atoms with Crippen molar-refractivity contribution in [1.29, 1.82) is 0 Å². The van der Waals surface area contributed by atoms with Gasteiger partial charge in [0.1, 0.15) is 11.5 Å². The van der Waals surface area contributed by atoms with Gasteiger partial charge in [-0.25, -0.2) is 0 Å². The minimum atomic E-state index is -0.0840. The molecular weight excluding hydrogens is 338 g/mol. The molecule has 0 heterocycles. The van der Waals surface area contributed by atoms with Gasteiger partial charge in [-0.15, -0.1) is 0 Å². The predicted molar refractivity (Wildman–Crippen MR) is 108 cm³/mol. The molecule has 1 amide bonds. The molecule has 3 aromatic carbocycles. The molecule has 0 aliphatic heterocycles. The van der Waals surface area contributed by atoms with E-state index in [0.29, 0.717) is 23.6 Å². The van der Waals surface area contributed by atoms with E-state index in [1.165, 1.54) is 0 Å². The zero-order chi connectivity index (χ0) is 19.1. The third kappa shape index (κ3) is 4.67. The number of carbonyl (C=O) groups is 1. The van der Waals surface area contributed by atoms with E-state index in [1.54, 1.807) is 32.4 Å². The van der Waals surface area contributed by atoms with Crippen molar-refractivity contribution < 1.29 is 14.3 Å². The summed E-state index contributed by atoms with van der Waals surface area (Å²) in [5.41, 5.74) is 2.81. The van der Waals surface area contributed by atoms with Crippen LogP contribution in [0.25, 0.3) is 0 Å². The van der Waals surface area contributed by atoms with Crippen LogP contribution in [0, 0.1) is 0 Å². The highest BCUT2D eigenvalue weighted by Gasteiger charge is 2.19. The maximum atomic E-state index is 12.8. The molecule has 0 spiro atoms. The average molecular weight is 361 g/mol. The Hall–Kier alpha value is -3.27. The molecule has 0 aromatic heterocycles. The molecule has 4 nitrogen and oxygen atoms in total. The fraction of sp³-hybridized carbons (Fsp3) is 0.174. The Bertz CT molecular complexity index is 839. The number of rotatable bonds is 7. The maximum Gasteiger partial charge on any atom is 0.225 e. The number of nitrogens with one attached hydrogen (secondary N) is 1. The summed E-state index contributed by atoms with van der Waals surface area (Å²) in [5.74, 6) is 1.15. The number of hydrogen-bond acceptors (Lipinski definition) is 3. The molecule has 0 bridgehead atoms. The molecule has 0 aliphatic rings. The van der Waals surface area contributed by atoms with E-state index in [1.807, 2.05) is 36.4 Å². The molecule has 1 N–H and O–H groups in total. The SMILES string of the molecule is COc1ccc(OC)c(NC(=O)CC(c2ccccc2)c2ccccc2)c1. The number of benzene rings is 3. The van der Waals surface area contributed by atoms with Crippen LogP contribution >= 0.6 is 0 Å². The lowest BCUT2D eigenvalue weighted by atomic mass is 9.88. The molecule has 0 saturated heterocycles. The Morgan fingerprint density at radius 1 is 0.852 bits per heavy atom. The third-order valence-electron chi connectivity index (χ3n) is 4.47. The lowest BCUT2D eigenvalue weighted by molar-refractivity contribution is -0.116. The van der Waals surface area contributed by atoms with Gasteiger partial charge in [0.05, 0.1) is 19.9 Å². The number of methoxy groups -OCH3 is 2. The van der Waals surface area contributed by atoms with Crippen LogP contribution in [-0.2, 0) is 4.79 Å². The van der Waals surface area contributed by atoms with Crippen LogP contribution in [0.2, 0.25) is 0 Å². The Balaban J connectivity index is 1.83. The van der Waals surface area contributed by atoms with Crippen LogP contribution in [-0.4, -0.2) is 20.1 Å². The van der Waals surface area contributed by atoms with Gasteiger partial charge in [-0.1, -0.05) is 60.7 Å². The summed E-state index contributed by atoms with van der Waals surface area (Å²) >= 11 is 0. The summed E-state index contributed by atoms with van der Waals surface area (Å²) < 4.78 is 10.6. The first kappa shape index (κ1) is 18.5. The van der Waals surface area contributed by atoms with Crippen LogP contribution in [0.15, 0.2) is 78.9 Å². The van der Waals surface area contributed by atoms with Crippen LogP contribution in [0.4, 0.5) is 5.69 Å². The van der Waals surface area contributed by atoms with E-state index < -0.39 is 0 Å². The van der Waals surface area contributed by atoms with E-state index in [9.17, 15) is 4.79 Å². The first-order valence-electron chi connectivity index (χ1n) is 8.83. The lowest BCUT2D eigenvalue weighted by Crippen LogP contribution is -2.17. The Morgan fingerprint density at radius 3 is 1.96 bits per heavy atom. The maximum absolute atomic E-state index is 12.8. The van der Waals surface area contributed by atoms with E-state index in [-0.39, 0.29) is 11.8 Å². The largest absolute Gasteiger partial charge is 0.497 e. The molecule has 0 atom stereocenters. The second kappa shape index (κ2) is 8.90. The third-order valence-corrected chi connectivity index (χ3v) is 4.47. The molecule has 4 heteroatoms. The molecule has 138 valence electrons. The minimum absolute atomic E-state index is 0.0241. The monoisotopic (exact) mass is 361 g/mol. The van der Waals surface area contributed by atoms with Crippen LogP contribution < -0.4 is 14.8 Å². The van der Waals surface area contributed by atoms with Gasteiger partial charge in [0, 0.05) is 18.4 Å². The predicted octanol–water partition coefficient (Wildman–Crippen LogP) is 4.86. The smallest absolute Gasteiger partial charge is 0.225 e. The van der Waals surface area contributed by atoms with Gasteiger partial charge in [0.25, 0.3) is 0 Å². The number of amides is 1. The van der Waals surface area contributed by atoms with Crippen molar-refractivity contribution in [3.8, 4) is 11.5 Å². The van der Waals surface area contributed by atoms with Crippen LogP contribution in [0.5, 0.6) is 11.5 Å². The molecular formula is C23H23NO3. The standard InChI is InChI=1S/C23H23NO3/c1-26-19-13-14-22(27-2)21(15-19)24-23(25)16-20(17-9-5-3-6-10-17)18-11-7-4-8-12-18/h3-15,20H,16H2,1-2H3,(H,24,25). The first-order chi connectivity index (χ1) is 13.2. The lowest BCUT2D eigenvalue weighted by Gasteiger charge is -2.18. The highest BCUT2D eigenvalue weighted by Crippen LogP contribution is 2.31.